The van der Waals surface area contributed by atoms with Gasteiger partial charge in [-0.05, 0) is 35.6 Å². The molecule has 0 amide bonds. The molecule has 1 aliphatic rings. The minimum Gasteiger partial charge on any atom is -0.493 e. The van der Waals surface area contributed by atoms with Gasteiger partial charge in [0.1, 0.15) is 0 Å². The van der Waals surface area contributed by atoms with Gasteiger partial charge in [-0.25, -0.2) is 0 Å². The quantitative estimate of drug-likeness (QED) is 0.751. The number of carbonyl (C=O) groups excluding carboxylic acids is 1. The molecule has 2 aromatic rings. The molecule has 0 N–H and O–H groups in total. The van der Waals surface area contributed by atoms with Crippen LogP contribution in [-0.4, -0.2) is 27.3 Å². The summed E-state index contributed by atoms with van der Waals surface area (Å²) in [7, 11) is 4.61. The van der Waals surface area contributed by atoms with E-state index in [0.717, 1.165) is 17.5 Å². The lowest BCUT2D eigenvalue weighted by Crippen LogP contribution is -2.24. The number of ether oxygens (including phenoxy) is 3. The van der Waals surface area contributed by atoms with Gasteiger partial charge in [-0.15, -0.1) is 0 Å². The van der Waals surface area contributed by atoms with Gasteiger partial charge in [-0.1, -0.05) is 48.6 Å². The third-order valence-electron chi connectivity index (χ3n) is 4.78. The molecule has 0 bridgehead atoms. The highest BCUT2D eigenvalue weighted by molar-refractivity contribution is 5.88. The lowest BCUT2D eigenvalue weighted by molar-refractivity contribution is -0.144. The number of esters is 1. The fourth-order valence-electron chi connectivity index (χ4n) is 3.29. The van der Waals surface area contributed by atoms with Crippen molar-refractivity contribution in [3.63, 3.8) is 0 Å². The number of allylic oxidation sites excluding steroid dienone is 1. The van der Waals surface area contributed by atoms with Crippen LogP contribution in [0.2, 0.25) is 0 Å². The standard InChI is InChI=1S/C21H22O4/c1-23-18-12-11-16(13-19(18)24-2)21(20(22)25-3)14-17(21)10-9-15-7-5-4-6-8-15/h4-13,17H,14H2,1-3H3. The summed E-state index contributed by atoms with van der Waals surface area (Å²) in [5.41, 5.74) is 1.35. The van der Waals surface area contributed by atoms with Crippen LogP contribution in [0.25, 0.3) is 6.08 Å². The van der Waals surface area contributed by atoms with Crippen molar-refractivity contribution in [1.29, 1.82) is 0 Å². The van der Waals surface area contributed by atoms with Gasteiger partial charge in [0.15, 0.2) is 11.5 Å². The second kappa shape index (κ2) is 7.01. The lowest BCUT2D eigenvalue weighted by atomic mass is 9.92. The summed E-state index contributed by atoms with van der Waals surface area (Å²) >= 11 is 0. The fourth-order valence-corrected chi connectivity index (χ4v) is 3.29. The van der Waals surface area contributed by atoms with E-state index < -0.39 is 5.41 Å². The second-order valence-electron chi connectivity index (χ2n) is 6.11. The molecular formula is C21H22O4. The molecule has 3 rings (SSSR count). The van der Waals surface area contributed by atoms with Gasteiger partial charge in [0, 0.05) is 0 Å². The molecule has 25 heavy (non-hydrogen) atoms. The maximum atomic E-state index is 12.5. The van der Waals surface area contributed by atoms with Crippen LogP contribution in [0.15, 0.2) is 54.6 Å². The molecule has 2 aromatic carbocycles. The predicted molar refractivity (Wildman–Crippen MR) is 96.8 cm³/mol. The van der Waals surface area contributed by atoms with Crippen LogP contribution in [0.4, 0.5) is 0 Å². The molecule has 0 spiro atoms. The summed E-state index contributed by atoms with van der Waals surface area (Å²) < 4.78 is 15.8. The Morgan fingerprint density at radius 2 is 1.76 bits per heavy atom. The first-order valence-electron chi connectivity index (χ1n) is 8.20. The molecule has 4 heteroatoms. The summed E-state index contributed by atoms with van der Waals surface area (Å²) in [5, 5.41) is 0. The summed E-state index contributed by atoms with van der Waals surface area (Å²) in [6.45, 7) is 0. The van der Waals surface area contributed by atoms with E-state index in [1.807, 2.05) is 48.5 Å². The summed E-state index contributed by atoms with van der Waals surface area (Å²) in [6, 6.07) is 15.7. The minimum atomic E-state index is -0.653. The van der Waals surface area contributed by atoms with Crippen LogP contribution in [0.3, 0.4) is 0 Å². The van der Waals surface area contributed by atoms with Crippen molar-refractivity contribution < 1.29 is 19.0 Å². The molecule has 1 aliphatic carbocycles. The van der Waals surface area contributed by atoms with Crippen LogP contribution >= 0.6 is 0 Å². The Kier molecular flexibility index (Phi) is 4.79. The molecule has 0 radical (unpaired) electrons. The Balaban J connectivity index is 1.92. The van der Waals surface area contributed by atoms with E-state index in [0.29, 0.717) is 11.5 Å². The zero-order valence-corrected chi connectivity index (χ0v) is 14.7. The molecular weight excluding hydrogens is 316 g/mol. The predicted octanol–water partition coefficient (Wildman–Crippen LogP) is 3.85. The van der Waals surface area contributed by atoms with Gasteiger partial charge < -0.3 is 14.2 Å². The Morgan fingerprint density at radius 1 is 1.04 bits per heavy atom. The average molecular weight is 338 g/mol. The number of carbonyl (C=O) groups is 1. The van der Waals surface area contributed by atoms with Gasteiger partial charge in [0.25, 0.3) is 0 Å². The molecule has 1 fully saturated rings. The highest BCUT2D eigenvalue weighted by Crippen LogP contribution is 2.57. The SMILES string of the molecule is COC(=O)C1(c2ccc(OC)c(OC)c2)CC1C=Cc1ccccc1. The maximum absolute atomic E-state index is 12.5. The van der Waals surface area contributed by atoms with Crippen LogP contribution in [0.5, 0.6) is 11.5 Å². The average Bonchev–Trinajstić information content (AvgIpc) is 3.41. The van der Waals surface area contributed by atoms with Gasteiger partial charge in [0.2, 0.25) is 0 Å². The summed E-state index contributed by atoms with van der Waals surface area (Å²) in [4.78, 5) is 12.5. The van der Waals surface area contributed by atoms with Crippen molar-refractivity contribution in [2.24, 2.45) is 5.92 Å². The van der Waals surface area contributed by atoms with Crippen molar-refractivity contribution in [2.45, 2.75) is 11.8 Å². The number of benzene rings is 2. The zero-order valence-electron chi connectivity index (χ0n) is 14.7. The maximum Gasteiger partial charge on any atom is 0.316 e. The third-order valence-corrected chi connectivity index (χ3v) is 4.78. The van der Waals surface area contributed by atoms with Crippen LogP contribution < -0.4 is 9.47 Å². The molecule has 0 saturated heterocycles. The third kappa shape index (κ3) is 3.12. The first kappa shape index (κ1) is 17.1. The van der Waals surface area contributed by atoms with E-state index in [1.54, 1.807) is 14.2 Å². The largest absolute Gasteiger partial charge is 0.493 e. The van der Waals surface area contributed by atoms with Crippen LogP contribution in [-0.2, 0) is 14.9 Å². The smallest absolute Gasteiger partial charge is 0.316 e. The van der Waals surface area contributed by atoms with E-state index in [2.05, 4.69) is 12.2 Å². The number of hydrogen-bond acceptors (Lipinski definition) is 4. The molecule has 1 saturated carbocycles. The van der Waals surface area contributed by atoms with Gasteiger partial charge in [-0.3, -0.25) is 4.79 Å². The van der Waals surface area contributed by atoms with E-state index in [-0.39, 0.29) is 11.9 Å². The topological polar surface area (TPSA) is 44.8 Å². The van der Waals surface area contributed by atoms with Crippen molar-refractivity contribution in [1.82, 2.24) is 0 Å². The summed E-state index contributed by atoms with van der Waals surface area (Å²) in [6.07, 6.45) is 4.86. The van der Waals surface area contributed by atoms with Crippen LogP contribution in [0.1, 0.15) is 17.5 Å². The van der Waals surface area contributed by atoms with Gasteiger partial charge in [-0.2, -0.15) is 0 Å². The number of rotatable bonds is 6. The molecule has 0 heterocycles. The van der Waals surface area contributed by atoms with Crippen LogP contribution in [0, 0.1) is 5.92 Å². The normalized spacial score (nSPS) is 21.8. The van der Waals surface area contributed by atoms with E-state index in [9.17, 15) is 4.79 Å². The van der Waals surface area contributed by atoms with Crippen molar-refractivity contribution in [3.8, 4) is 11.5 Å². The van der Waals surface area contributed by atoms with Crippen molar-refractivity contribution in [2.75, 3.05) is 21.3 Å². The molecule has 0 aromatic heterocycles. The van der Waals surface area contributed by atoms with Gasteiger partial charge >= 0.3 is 5.97 Å². The number of hydrogen-bond donors (Lipinski definition) is 0. The molecule has 4 nitrogen and oxygen atoms in total. The molecule has 2 atom stereocenters. The Labute approximate surface area is 148 Å². The second-order valence-corrected chi connectivity index (χ2v) is 6.11. The Bertz CT molecular complexity index is 782. The summed E-state index contributed by atoms with van der Waals surface area (Å²) in [5.74, 6) is 1.13. The van der Waals surface area contributed by atoms with Crippen molar-refractivity contribution in [3.05, 3.63) is 65.7 Å². The van der Waals surface area contributed by atoms with E-state index in [4.69, 9.17) is 14.2 Å². The highest BCUT2D eigenvalue weighted by atomic mass is 16.5. The molecule has 2 unspecified atom stereocenters. The van der Waals surface area contributed by atoms with Gasteiger partial charge in [0.05, 0.1) is 26.7 Å². The lowest BCUT2D eigenvalue weighted by Gasteiger charge is -2.17. The molecule has 130 valence electrons. The monoisotopic (exact) mass is 338 g/mol. The minimum absolute atomic E-state index is 0.0956. The van der Waals surface area contributed by atoms with E-state index in [1.165, 1.54) is 7.11 Å². The first-order valence-corrected chi connectivity index (χ1v) is 8.20. The van der Waals surface area contributed by atoms with Crippen molar-refractivity contribution >= 4 is 12.0 Å². The number of methoxy groups -OCH3 is 3. The molecule has 0 aliphatic heterocycles. The highest BCUT2D eigenvalue weighted by Gasteiger charge is 2.61. The van der Waals surface area contributed by atoms with E-state index >= 15 is 0 Å². The Hall–Kier alpha value is -2.75. The Morgan fingerprint density at radius 3 is 2.40 bits per heavy atom. The first-order chi connectivity index (χ1) is 12.2. The zero-order chi connectivity index (χ0) is 17.9. The fraction of sp³-hybridized carbons (Fsp3) is 0.286.